The predicted molar refractivity (Wildman–Crippen MR) is 84.8 cm³/mol. The molecular weight excluding hydrogens is 276 g/mol. The first kappa shape index (κ1) is 14.6. The highest BCUT2D eigenvalue weighted by molar-refractivity contribution is 5.73. The van der Waals surface area contributed by atoms with Gasteiger partial charge in [0.25, 0.3) is 0 Å². The number of carbonyl (C=O) groups is 1. The minimum atomic E-state index is -0.0784. The molecule has 2 N–H and O–H groups in total. The van der Waals surface area contributed by atoms with Gasteiger partial charge in [-0.25, -0.2) is 0 Å². The quantitative estimate of drug-likeness (QED) is 0.861. The third-order valence-corrected chi connectivity index (χ3v) is 4.14. The van der Waals surface area contributed by atoms with Gasteiger partial charge >= 0.3 is 5.97 Å². The van der Waals surface area contributed by atoms with Crippen molar-refractivity contribution in [1.82, 2.24) is 4.98 Å². The van der Waals surface area contributed by atoms with Gasteiger partial charge in [0, 0.05) is 5.69 Å². The van der Waals surface area contributed by atoms with Gasteiger partial charge in [0.2, 0.25) is 0 Å². The molecule has 4 heteroatoms. The van der Waals surface area contributed by atoms with E-state index >= 15 is 0 Å². The molecule has 1 fully saturated rings. The van der Waals surface area contributed by atoms with Crippen molar-refractivity contribution in [3.8, 4) is 0 Å². The summed E-state index contributed by atoms with van der Waals surface area (Å²) in [4.78, 5) is 16.3. The van der Waals surface area contributed by atoms with Crippen LogP contribution < -0.4 is 5.73 Å². The highest BCUT2D eigenvalue weighted by Gasteiger charge is 2.35. The second-order valence-corrected chi connectivity index (χ2v) is 5.91. The maximum absolute atomic E-state index is 12.0. The lowest BCUT2D eigenvalue weighted by molar-refractivity contribution is -0.154. The van der Waals surface area contributed by atoms with E-state index in [-0.39, 0.29) is 11.9 Å². The Morgan fingerprint density at radius 3 is 2.64 bits per heavy atom. The third-order valence-electron chi connectivity index (χ3n) is 4.14. The average molecular weight is 296 g/mol. The number of hydrogen-bond donors (Lipinski definition) is 1. The molecule has 1 aliphatic rings. The molecule has 1 saturated carbocycles. The molecular formula is C18H20N2O2. The maximum Gasteiger partial charge on any atom is 0.309 e. The lowest BCUT2D eigenvalue weighted by Crippen LogP contribution is -2.33. The van der Waals surface area contributed by atoms with Crippen molar-refractivity contribution in [2.45, 2.75) is 25.9 Å². The van der Waals surface area contributed by atoms with E-state index in [1.165, 1.54) is 0 Å². The Hall–Kier alpha value is -2.36. The van der Waals surface area contributed by atoms with E-state index in [9.17, 15) is 4.79 Å². The number of esters is 1. The molecule has 0 atom stereocenters. The van der Waals surface area contributed by atoms with E-state index in [2.05, 4.69) is 4.98 Å². The highest BCUT2D eigenvalue weighted by atomic mass is 16.5. The number of anilines is 1. The van der Waals surface area contributed by atoms with Gasteiger partial charge in [-0.15, -0.1) is 0 Å². The number of nitrogen functional groups attached to an aromatic ring is 1. The second-order valence-electron chi connectivity index (χ2n) is 5.91. The summed E-state index contributed by atoms with van der Waals surface area (Å²) in [6.07, 6.45) is 4.36. The van der Waals surface area contributed by atoms with Crippen LogP contribution >= 0.6 is 0 Å². The Bertz CT molecular complexity index is 619. The lowest BCUT2D eigenvalue weighted by atomic mass is 9.73. The van der Waals surface area contributed by atoms with E-state index in [1.54, 1.807) is 6.20 Å². The van der Waals surface area contributed by atoms with E-state index in [1.807, 2.05) is 42.5 Å². The van der Waals surface area contributed by atoms with E-state index in [0.717, 1.165) is 30.5 Å². The minimum Gasteiger partial charge on any atom is -0.461 e. The topological polar surface area (TPSA) is 65.2 Å². The molecule has 0 bridgehead atoms. The lowest BCUT2D eigenvalue weighted by Gasteiger charge is -2.33. The number of benzene rings is 1. The molecule has 1 aromatic heterocycles. The molecule has 22 heavy (non-hydrogen) atoms. The molecule has 1 heterocycles. The number of nitrogens with two attached hydrogens (primary N) is 1. The molecule has 0 spiro atoms. The number of carbonyl (C=O) groups excluding carboxylic acids is 1. The van der Waals surface area contributed by atoms with Crippen LogP contribution in [0, 0.1) is 11.8 Å². The number of rotatable bonds is 5. The molecule has 3 rings (SSSR count). The molecule has 2 aromatic rings. The fraction of sp³-hybridized carbons (Fsp3) is 0.333. The van der Waals surface area contributed by atoms with Crippen LogP contribution in [-0.2, 0) is 22.6 Å². The van der Waals surface area contributed by atoms with Crippen molar-refractivity contribution >= 4 is 11.7 Å². The van der Waals surface area contributed by atoms with Gasteiger partial charge in [0.1, 0.15) is 6.61 Å². The molecule has 0 radical (unpaired) electrons. The molecule has 0 saturated heterocycles. The Morgan fingerprint density at radius 2 is 1.95 bits per heavy atom. The number of ether oxygens (including phenoxy) is 1. The first-order chi connectivity index (χ1) is 10.7. The van der Waals surface area contributed by atoms with Crippen molar-refractivity contribution in [1.29, 1.82) is 0 Å². The summed E-state index contributed by atoms with van der Waals surface area (Å²) in [6, 6.07) is 13.6. The van der Waals surface area contributed by atoms with Crippen LogP contribution in [0.1, 0.15) is 24.1 Å². The number of pyridine rings is 1. The average Bonchev–Trinajstić information content (AvgIpc) is 2.51. The first-order valence-electron chi connectivity index (χ1n) is 7.61. The molecule has 1 aliphatic carbocycles. The van der Waals surface area contributed by atoms with Crippen molar-refractivity contribution in [2.75, 3.05) is 5.73 Å². The van der Waals surface area contributed by atoms with Crippen molar-refractivity contribution in [2.24, 2.45) is 11.8 Å². The normalized spacial score (nSPS) is 20.2. The molecule has 1 aromatic carbocycles. The van der Waals surface area contributed by atoms with Gasteiger partial charge in [0.15, 0.2) is 0 Å². The van der Waals surface area contributed by atoms with Crippen molar-refractivity contribution < 1.29 is 9.53 Å². The van der Waals surface area contributed by atoms with Gasteiger partial charge in [0.05, 0.1) is 17.8 Å². The fourth-order valence-corrected chi connectivity index (χ4v) is 2.79. The second kappa shape index (κ2) is 6.60. The van der Waals surface area contributed by atoms with Crippen LogP contribution in [0.25, 0.3) is 0 Å². The van der Waals surface area contributed by atoms with Gasteiger partial charge in [-0.1, -0.05) is 30.3 Å². The fourth-order valence-electron chi connectivity index (χ4n) is 2.79. The van der Waals surface area contributed by atoms with E-state index < -0.39 is 0 Å². The minimum absolute atomic E-state index is 0.0440. The summed E-state index contributed by atoms with van der Waals surface area (Å²) in [6.45, 7) is 0.361. The summed E-state index contributed by atoms with van der Waals surface area (Å²) in [5.74, 6) is 0.485. The standard InChI is InChI=1S/C18H20N2O2/c19-16-6-7-17(20-11-16)10-14-8-15(9-14)18(21)22-12-13-4-2-1-3-5-13/h1-7,11,14-15H,8-10,12,19H2. The summed E-state index contributed by atoms with van der Waals surface area (Å²) in [7, 11) is 0. The van der Waals surface area contributed by atoms with Crippen LogP contribution in [0.15, 0.2) is 48.7 Å². The first-order valence-corrected chi connectivity index (χ1v) is 7.61. The largest absolute Gasteiger partial charge is 0.461 e. The van der Waals surface area contributed by atoms with Crippen LogP contribution in [0.2, 0.25) is 0 Å². The van der Waals surface area contributed by atoms with Gasteiger partial charge in [-0.05, 0) is 42.9 Å². The van der Waals surface area contributed by atoms with Gasteiger partial charge < -0.3 is 10.5 Å². The number of nitrogens with zero attached hydrogens (tertiary/aromatic N) is 1. The molecule has 0 unspecified atom stereocenters. The zero-order valence-electron chi connectivity index (χ0n) is 12.4. The number of hydrogen-bond acceptors (Lipinski definition) is 4. The summed E-state index contributed by atoms with van der Waals surface area (Å²) in [5, 5.41) is 0. The van der Waals surface area contributed by atoms with Crippen LogP contribution in [0.5, 0.6) is 0 Å². The molecule has 0 aliphatic heterocycles. The number of aromatic nitrogens is 1. The van der Waals surface area contributed by atoms with E-state index in [0.29, 0.717) is 18.2 Å². The summed E-state index contributed by atoms with van der Waals surface area (Å²) >= 11 is 0. The Balaban J connectivity index is 1.41. The van der Waals surface area contributed by atoms with Gasteiger partial charge in [-0.2, -0.15) is 0 Å². The van der Waals surface area contributed by atoms with E-state index in [4.69, 9.17) is 10.5 Å². The molecule has 0 amide bonds. The summed E-state index contributed by atoms with van der Waals surface area (Å²) in [5.41, 5.74) is 8.37. The zero-order chi connectivity index (χ0) is 15.4. The van der Waals surface area contributed by atoms with Crippen molar-refractivity contribution in [3.63, 3.8) is 0 Å². The van der Waals surface area contributed by atoms with Crippen LogP contribution in [-0.4, -0.2) is 11.0 Å². The Labute approximate surface area is 130 Å². The monoisotopic (exact) mass is 296 g/mol. The van der Waals surface area contributed by atoms with Crippen molar-refractivity contribution in [3.05, 3.63) is 59.9 Å². The van der Waals surface area contributed by atoms with Gasteiger partial charge in [-0.3, -0.25) is 9.78 Å². The zero-order valence-corrected chi connectivity index (χ0v) is 12.4. The maximum atomic E-state index is 12.0. The Morgan fingerprint density at radius 1 is 1.18 bits per heavy atom. The Kier molecular flexibility index (Phi) is 4.37. The van der Waals surface area contributed by atoms with Crippen LogP contribution in [0.4, 0.5) is 5.69 Å². The summed E-state index contributed by atoms with van der Waals surface area (Å²) < 4.78 is 5.38. The van der Waals surface area contributed by atoms with Crippen LogP contribution in [0.3, 0.4) is 0 Å². The molecule has 4 nitrogen and oxygen atoms in total. The highest BCUT2D eigenvalue weighted by Crippen LogP contribution is 2.36. The molecule has 114 valence electrons. The predicted octanol–water partition coefficient (Wildman–Crippen LogP) is 2.98. The smallest absolute Gasteiger partial charge is 0.309 e. The SMILES string of the molecule is Nc1ccc(CC2CC(C(=O)OCc3ccccc3)C2)nc1. The third kappa shape index (κ3) is 3.64.